The van der Waals surface area contributed by atoms with Crippen molar-refractivity contribution < 1.29 is 52.2 Å². The first kappa shape index (κ1) is 55.6. The third-order valence-electron chi connectivity index (χ3n) is 9.54. The summed E-state index contributed by atoms with van der Waals surface area (Å²) in [7, 11) is -4.75. The van der Waals surface area contributed by atoms with Gasteiger partial charge in [-0.1, -0.05) is 137 Å². The van der Waals surface area contributed by atoms with Gasteiger partial charge in [-0.2, -0.15) is 0 Å². The third-order valence-corrected chi connectivity index (χ3v) is 10.5. The Balaban J connectivity index is 2.34. The molecule has 5 atom stereocenters. The van der Waals surface area contributed by atoms with Crippen LogP contribution in [0.5, 0.6) is 0 Å². The first-order chi connectivity index (χ1) is 29.6. The van der Waals surface area contributed by atoms with Crippen LogP contribution < -0.4 is 5.73 Å². The minimum Gasteiger partial charge on any atom is -0.480 e. The molecule has 0 amide bonds. The average molecular weight is 876 g/mol. The number of carbonyl (C=O) groups excluding carboxylic acids is 2. The summed E-state index contributed by atoms with van der Waals surface area (Å²) in [6.45, 7) is 2.64. The summed E-state index contributed by atoms with van der Waals surface area (Å²) in [6, 6.07) is -1.54. The molecule has 1 fully saturated rings. The number of esters is 2. The van der Waals surface area contributed by atoms with E-state index in [1.54, 1.807) is 0 Å². The van der Waals surface area contributed by atoms with E-state index in [9.17, 15) is 23.8 Å². The number of hydrogen-bond donors (Lipinski definition) is 3. The highest BCUT2D eigenvalue weighted by atomic mass is 31.2. The smallest absolute Gasteiger partial charge is 0.472 e. The van der Waals surface area contributed by atoms with Gasteiger partial charge in [-0.3, -0.25) is 23.4 Å². The fraction of sp³-hybridized carbons (Fsp3) is 0.646. The van der Waals surface area contributed by atoms with Gasteiger partial charge < -0.3 is 29.9 Å². The van der Waals surface area contributed by atoms with Crippen LogP contribution in [0.4, 0.5) is 0 Å². The Labute approximate surface area is 367 Å². The number of carboxylic acids is 1. The predicted molar refractivity (Wildman–Crippen MR) is 244 cm³/mol. The van der Waals surface area contributed by atoms with Crippen LogP contribution in [0.15, 0.2) is 85.1 Å². The van der Waals surface area contributed by atoms with E-state index in [0.717, 1.165) is 64.2 Å². The van der Waals surface area contributed by atoms with Crippen molar-refractivity contribution in [3.05, 3.63) is 85.1 Å². The number of unbranched alkanes of at least 4 members (excludes halogenated alkanes) is 9. The molecule has 61 heavy (non-hydrogen) atoms. The second-order valence-electron chi connectivity index (χ2n) is 15.2. The van der Waals surface area contributed by atoms with Crippen molar-refractivity contribution in [2.45, 2.75) is 179 Å². The Morgan fingerprint density at radius 2 is 1.10 bits per heavy atom. The van der Waals surface area contributed by atoms with Gasteiger partial charge in [0.15, 0.2) is 6.10 Å². The van der Waals surface area contributed by atoms with Crippen molar-refractivity contribution in [1.29, 1.82) is 0 Å². The second kappa shape index (κ2) is 38.3. The van der Waals surface area contributed by atoms with Crippen LogP contribution in [0.25, 0.3) is 0 Å². The number of phosphoric ester groups is 1. The maximum atomic E-state index is 12.6. The minimum absolute atomic E-state index is 0.105. The molecule has 346 valence electrons. The Morgan fingerprint density at radius 3 is 1.67 bits per heavy atom. The predicted octanol–water partition coefficient (Wildman–Crippen LogP) is 11.3. The van der Waals surface area contributed by atoms with Gasteiger partial charge in [0.25, 0.3) is 0 Å². The Bertz CT molecular complexity index is 1420. The Kier molecular flexibility index (Phi) is 34.9. The molecule has 4 N–H and O–H groups in total. The van der Waals surface area contributed by atoms with Crippen molar-refractivity contribution in [3.8, 4) is 0 Å². The molecule has 0 bridgehead atoms. The first-order valence-electron chi connectivity index (χ1n) is 22.7. The first-order valence-corrected chi connectivity index (χ1v) is 24.2. The lowest BCUT2D eigenvalue weighted by atomic mass is 10.1. The molecule has 0 aromatic carbocycles. The van der Waals surface area contributed by atoms with E-state index in [2.05, 4.69) is 91.3 Å². The van der Waals surface area contributed by atoms with Gasteiger partial charge in [0.05, 0.1) is 25.4 Å². The molecule has 0 radical (unpaired) electrons. The number of allylic oxidation sites excluding steroid dienone is 13. The summed E-state index contributed by atoms with van der Waals surface area (Å²) in [5.74, 6) is -2.51. The van der Waals surface area contributed by atoms with Crippen LogP contribution in [0.2, 0.25) is 0 Å². The lowest BCUT2D eigenvalue weighted by molar-refractivity contribution is -0.161. The van der Waals surface area contributed by atoms with Gasteiger partial charge in [-0.05, 0) is 89.9 Å². The van der Waals surface area contributed by atoms with Crippen molar-refractivity contribution in [1.82, 2.24) is 0 Å². The van der Waals surface area contributed by atoms with Gasteiger partial charge in [-0.25, -0.2) is 4.57 Å². The zero-order valence-electron chi connectivity index (χ0n) is 37.2. The standard InChI is InChI=1S/C48H78NO11P/c1-3-5-7-8-9-10-11-12-13-14-15-16-17-18-19-24-27-30-34-38-47(51)59-42(40-57-61(54,55)58-41-43(49)48(52)53)39-56-46(50)37-33-29-26-23-21-20-22-25-28-32-36-45-44(60-45)35-31-6-4-2/h9-10,12-13,15-16,18-20,22-23,26,28,32,42-45H,3-8,11,14,17,21,24-25,27,29-31,33-41,49H2,1-2H3,(H,52,53)(H,54,55)/b10-9-,13-12-,16-15-,19-18-,22-20-,26-23-,32-28-/t42-,43+,44?,45?/m1/s1. The molecule has 0 spiro atoms. The summed E-state index contributed by atoms with van der Waals surface area (Å²) >= 11 is 0. The number of carbonyl (C=O) groups is 3. The molecule has 1 heterocycles. The molecule has 13 heteroatoms. The SMILES string of the molecule is CCCCC/C=C\C/C=C\C/C=C\C/C=C\CCCCCC(=O)O[C@H](COC(=O)CCC/C=C\C/C=C\C/C=C\CC1OC1CCCCC)COP(=O)(O)OC[C@H](N)C(=O)O. The maximum absolute atomic E-state index is 12.6. The monoisotopic (exact) mass is 876 g/mol. The van der Waals surface area contributed by atoms with E-state index in [4.69, 9.17) is 29.6 Å². The fourth-order valence-electron chi connectivity index (χ4n) is 5.84. The number of carboxylic acid groups (broad SMARTS) is 1. The summed E-state index contributed by atoms with van der Waals surface area (Å²) in [5.41, 5.74) is 5.33. The van der Waals surface area contributed by atoms with Crippen molar-refractivity contribution in [2.75, 3.05) is 19.8 Å². The van der Waals surface area contributed by atoms with Crippen LogP contribution in [-0.4, -0.2) is 72.1 Å². The van der Waals surface area contributed by atoms with Gasteiger partial charge in [0.1, 0.15) is 12.6 Å². The molecule has 3 unspecified atom stereocenters. The summed E-state index contributed by atoms with van der Waals surface area (Å²) in [4.78, 5) is 46.0. The Hall–Kier alpha value is -3.38. The molecule has 12 nitrogen and oxygen atoms in total. The van der Waals surface area contributed by atoms with Gasteiger partial charge in [-0.15, -0.1) is 0 Å². The van der Waals surface area contributed by atoms with Crippen LogP contribution in [0.1, 0.15) is 155 Å². The van der Waals surface area contributed by atoms with Gasteiger partial charge >= 0.3 is 25.7 Å². The molecule has 0 aromatic rings. The molecule has 0 saturated carbocycles. The highest BCUT2D eigenvalue weighted by Crippen LogP contribution is 2.43. The number of ether oxygens (including phenoxy) is 3. The highest BCUT2D eigenvalue weighted by Gasteiger charge is 2.36. The lowest BCUT2D eigenvalue weighted by Gasteiger charge is -2.20. The number of nitrogens with two attached hydrogens (primary N) is 1. The van der Waals surface area contributed by atoms with E-state index in [1.165, 1.54) is 44.9 Å². The number of rotatable bonds is 40. The fourth-order valence-corrected chi connectivity index (χ4v) is 6.62. The molecule has 1 aliphatic rings. The van der Waals surface area contributed by atoms with Crippen molar-refractivity contribution in [3.63, 3.8) is 0 Å². The molecule has 1 rings (SSSR count). The quantitative estimate of drug-likeness (QED) is 0.0174. The second-order valence-corrected chi connectivity index (χ2v) is 16.7. The molecular weight excluding hydrogens is 797 g/mol. The summed E-state index contributed by atoms with van der Waals surface area (Å²) in [5, 5.41) is 8.90. The average Bonchev–Trinajstić information content (AvgIpc) is 3.99. The van der Waals surface area contributed by atoms with Crippen molar-refractivity contribution in [2.24, 2.45) is 5.73 Å². The van der Waals surface area contributed by atoms with E-state index in [-0.39, 0.29) is 12.8 Å². The van der Waals surface area contributed by atoms with Crippen LogP contribution in [-0.2, 0) is 42.2 Å². The van der Waals surface area contributed by atoms with E-state index in [1.807, 2.05) is 12.2 Å². The number of hydrogen-bond acceptors (Lipinski definition) is 10. The molecule has 1 saturated heterocycles. The summed E-state index contributed by atoms with van der Waals surface area (Å²) < 4.78 is 38.4. The van der Waals surface area contributed by atoms with Crippen LogP contribution in [0.3, 0.4) is 0 Å². The van der Waals surface area contributed by atoms with Crippen LogP contribution in [0, 0.1) is 0 Å². The minimum atomic E-state index is -4.75. The maximum Gasteiger partial charge on any atom is 0.472 e. The molecule has 0 aromatic heterocycles. The zero-order valence-corrected chi connectivity index (χ0v) is 38.1. The normalized spacial score (nSPS) is 17.8. The number of epoxide rings is 1. The zero-order chi connectivity index (χ0) is 44.7. The van der Waals surface area contributed by atoms with E-state index in [0.29, 0.717) is 31.5 Å². The van der Waals surface area contributed by atoms with Gasteiger partial charge in [0.2, 0.25) is 0 Å². The molecular formula is C48H78NO11P. The lowest BCUT2D eigenvalue weighted by Crippen LogP contribution is -2.34. The van der Waals surface area contributed by atoms with Gasteiger partial charge in [0, 0.05) is 12.8 Å². The molecule has 0 aliphatic carbocycles. The molecule has 1 aliphatic heterocycles. The number of aliphatic carboxylic acids is 1. The number of phosphoric acid groups is 1. The third kappa shape index (κ3) is 35.9. The largest absolute Gasteiger partial charge is 0.480 e. The van der Waals surface area contributed by atoms with Crippen molar-refractivity contribution >= 4 is 25.7 Å². The topological polar surface area (TPSA) is 184 Å². The highest BCUT2D eigenvalue weighted by molar-refractivity contribution is 7.47. The van der Waals surface area contributed by atoms with Crippen LogP contribution >= 0.6 is 7.82 Å². The summed E-state index contributed by atoms with van der Waals surface area (Å²) in [6.07, 6.45) is 49.7. The Morgan fingerprint density at radius 1 is 0.607 bits per heavy atom. The van der Waals surface area contributed by atoms with E-state index >= 15 is 0 Å². The van der Waals surface area contributed by atoms with E-state index < -0.39 is 57.7 Å².